The molecule has 0 bridgehead atoms. The Hall–Kier alpha value is -2.35. The van der Waals surface area contributed by atoms with Crippen molar-refractivity contribution in [3.05, 3.63) is 65.2 Å². The van der Waals surface area contributed by atoms with Crippen LogP contribution in [-0.2, 0) is 9.53 Å². The van der Waals surface area contributed by atoms with Crippen molar-refractivity contribution in [2.24, 2.45) is 0 Å². The number of aryl methyl sites for hydroxylation is 2. The van der Waals surface area contributed by atoms with Crippen molar-refractivity contribution in [3.63, 3.8) is 0 Å². The molecule has 2 rings (SSSR count). The maximum absolute atomic E-state index is 11.6. The van der Waals surface area contributed by atoms with Crippen molar-refractivity contribution in [3.8, 4) is 11.1 Å². The molecule has 0 aromatic heterocycles. The lowest BCUT2D eigenvalue weighted by atomic mass is 9.97. The number of rotatable bonds is 6. The Kier molecular flexibility index (Phi) is 6.16. The van der Waals surface area contributed by atoms with Crippen molar-refractivity contribution >= 4 is 12.0 Å². The quantitative estimate of drug-likeness (QED) is 0.410. The number of ether oxygens (including phenoxy) is 1. The van der Waals surface area contributed by atoms with Crippen LogP contribution in [0.15, 0.2) is 48.5 Å². The summed E-state index contributed by atoms with van der Waals surface area (Å²) >= 11 is 0. The van der Waals surface area contributed by atoms with Gasteiger partial charge in [0.15, 0.2) is 0 Å². The summed E-state index contributed by atoms with van der Waals surface area (Å²) in [4.78, 5) is 11.6. The Labute approximate surface area is 138 Å². The zero-order chi connectivity index (χ0) is 16.7. The molecule has 2 aromatic rings. The van der Waals surface area contributed by atoms with Gasteiger partial charge in [-0.05, 0) is 48.6 Å². The molecule has 0 aliphatic rings. The molecule has 0 fully saturated rings. The van der Waals surface area contributed by atoms with E-state index >= 15 is 0 Å². The first-order valence-electron chi connectivity index (χ1n) is 8.12. The molecule has 0 amide bonds. The van der Waals surface area contributed by atoms with E-state index in [9.17, 15) is 4.79 Å². The normalized spacial score (nSPS) is 10.9. The Morgan fingerprint density at radius 3 is 2.48 bits per heavy atom. The molecule has 2 aromatic carbocycles. The molecule has 0 heterocycles. The van der Waals surface area contributed by atoms with Crippen LogP contribution in [0.2, 0.25) is 0 Å². The van der Waals surface area contributed by atoms with E-state index in [-0.39, 0.29) is 5.97 Å². The molecule has 0 aliphatic heterocycles. The standard InChI is InChI=1S/C21H24O2/c1-4-5-14-23-21(22)13-9-18-8-12-20(17(3)15-18)19-10-6-16(2)7-11-19/h6-13,15H,4-5,14H2,1-3H3/b13-9+. The van der Waals surface area contributed by atoms with Gasteiger partial charge < -0.3 is 4.74 Å². The van der Waals surface area contributed by atoms with E-state index in [1.807, 2.05) is 6.07 Å². The van der Waals surface area contributed by atoms with E-state index in [0.717, 1.165) is 18.4 Å². The van der Waals surface area contributed by atoms with Crippen LogP contribution in [0.5, 0.6) is 0 Å². The predicted octanol–water partition coefficient (Wildman–Crippen LogP) is 5.33. The maximum Gasteiger partial charge on any atom is 0.330 e. The third-order valence-corrected chi connectivity index (χ3v) is 3.77. The third kappa shape index (κ3) is 5.10. The largest absolute Gasteiger partial charge is 0.463 e. The van der Waals surface area contributed by atoms with E-state index in [4.69, 9.17) is 4.74 Å². The molecule has 0 saturated heterocycles. The lowest BCUT2D eigenvalue weighted by molar-refractivity contribution is -0.137. The van der Waals surface area contributed by atoms with Crippen LogP contribution in [0.4, 0.5) is 0 Å². The SMILES string of the molecule is CCCCOC(=O)/C=C/c1ccc(-c2ccc(C)cc2)c(C)c1. The smallest absolute Gasteiger partial charge is 0.330 e. The van der Waals surface area contributed by atoms with Gasteiger partial charge in [0.1, 0.15) is 0 Å². The van der Waals surface area contributed by atoms with Gasteiger partial charge in [-0.25, -0.2) is 4.79 Å². The van der Waals surface area contributed by atoms with E-state index in [0.29, 0.717) is 6.61 Å². The second-order valence-corrected chi connectivity index (χ2v) is 5.79. The predicted molar refractivity (Wildman–Crippen MR) is 96.3 cm³/mol. The first-order chi connectivity index (χ1) is 11.1. The molecule has 0 saturated carbocycles. The fourth-order valence-electron chi connectivity index (χ4n) is 2.38. The lowest BCUT2D eigenvalue weighted by Crippen LogP contribution is -2.01. The van der Waals surface area contributed by atoms with Gasteiger partial charge in [0.25, 0.3) is 0 Å². The third-order valence-electron chi connectivity index (χ3n) is 3.77. The van der Waals surface area contributed by atoms with Gasteiger partial charge in [0.05, 0.1) is 6.61 Å². The first kappa shape index (κ1) is 17.0. The van der Waals surface area contributed by atoms with Crippen molar-refractivity contribution in [1.29, 1.82) is 0 Å². The van der Waals surface area contributed by atoms with Crippen molar-refractivity contribution in [1.82, 2.24) is 0 Å². The van der Waals surface area contributed by atoms with E-state index in [1.165, 1.54) is 28.3 Å². The maximum atomic E-state index is 11.6. The van der Waals surface area contributed by atoms with E-state index in [1.54, 1.807) is 6.08 Å². The fraction of sp³-hybridized carbons (Fsp3) is 0.286. The first-order valence-corrected chi connectivity index (χ1v) is 8.12. The van der Waals surface area contributed by atoms with Gasteiger partial charge in [-0.3, -0.25) is 0 Å². The highest BCUT2D eigenvalue weighted by Gasteiger charge is 2.03. The average Bonchev–Trinajstić information content (AvgIpc) is 2.54. The van der Waals surface area contributed by atoms with Crippen LogP contribution >= 0.6 is 0 Å². The molecule has 2 heteroatoms. The molecular formula is C21H24O2. The summed E-state index contributed by atoms with van der Waals surface area (Å²) in [5.41, 5.74) is 5.88. The zero-order valence-electron chi connectivity index (χ0n) is 14.1. The summed E-state index contributed by atoms with van der Waals surface area (Å²) in [5, 5.41) is 0. The minimum absolute atomic E-state index is 0.279. The summed E-state index contributed by atoms with van der Waals surface area (Å²) in [5.74, 6) is -0.279. The Bertz CT molecular complexity index is 681. The Morgan fingerprint density at radius 2 is 1.83 bits per heavy atom. The van der Waals surface area contributed by atoms with Crippen LogP contribution in [0, 0.1) is 13.8 Å². The summed E-state index contributed by atoms with van der Waals surface area (Å²) in [6.07, 6.45) is 5.23. The number of carbonyl (C=O) groups excluding carboxylic acids is 1. The molecule has 0 N–H and O–H groups in total. The minimum Gasteiger partial charge on any atom is -0.463 e. The van der Waals surface area contributed by atoms with Gasteiger partial charge in [-0.1, -0.05) is 61.4 Å². The number of benzene rings is 2. The van der Waals surface area contributed by atoms with Crippen LogP contribution in [0.25, 0.3) is 17.2 Å². The Morgan fingerprint density at radius 1 is 1.09 bits per heavy atom. The molecule has 2 nitrogen and oxygen atoms in total. The van der Waals surface area contributed by atoms with Crippen molar-refractivity contribution in [2.45, 2.75) is 33.6 Å². The molecule has 0 radical (unpaired) electrons. The van der Waals surface area contributed by atoms with Gasteiger partial charge in [0, 0.05) is 6.08 Å². The highest BCUT2D eigenvalue weighted by Crippen LogP contribution is 2.25. The van der Waals surface area contributed by atoms with Gasteiger partial charge in [-0.2, -0.15) is 0 Å². The number of unbranched alkanes of at least 4 members (excludes halogenated alkanes) is 1. The molecule has 23 heavy (non-hydrogen) atoms. The van der Waals surface area contributed by atoms with Crippen LogP contribution in [0.1, 0.15) is 36.5 Å². The number of esters is 1. The van der Waals surface area contributed by atoms with Crippen molar-refractivity contribution in [2.75, 3.05) is 6.61 Å². The highest BCUT2D eigenvalue weighted by molar-refractivity contribution is 5.87. The van der Waals surface area contributed by atoms with Crippen LogP contribution in [0.3, 0.4) is 0 Å². The second-order valence-electron chi connectivity index (χ2n) is 5.79. The van der Waals surface area contributed by atoms with Gasteiger partial charge >= 0.3 is 5.97 Å². The molecule has 0 atom stereocenters. The minimum atomic E-state index is -0.279. The monoisotopic (exact) mass is 308 g/mol. The summed E-state index contributed by atoms with van der Waals surface area (Å²) in [6.45, 7) is 6.74. The van der Waals surface area contributed by atoms with Gasteiger partial charge in [0.2, 0.25) is 0 Å². The topological polar surface area (TPSA) is 26.3 Å². The summed E-state index contributed by atoms with van der Waals surface area (Å²) in [6, 6.07) is 14.7. The van der Waals surface area contributed by atoms with Crippen molar-refractivity contribution < 1.29 is 9.53 Å². The van der Waals surface area contributed by atoms with Gasteiger partial charge in [-0.15, -0.1) is 0 Å². The van der Waals surface area contributed by atoms with E-state index in [2.05, 4.69) is 57.2 Å². The molecule has 0 aliphatic carbocycles. The van der Waals surface area contributed by atoms with Crippen LogP contribution < -0.4 is 0 Å². The molecule has 0 spiro atoms. The average molecular weight is 308 g/mol. The molecule has 120 valence electrons. The number of hydrogen-bond donors (Lipinski definition) is 0. The lowest BCUT2D eigenvalue weighted by Gasteiger charge is -2.08. The molecular weight excluding hydrogens is 284 g/mol. The summed E-state index contributed by atoms with van der Waals surface area (Å²) < 4.78 is 5.11. The van der Waals surface area contributed by atoms with E-state index < -0.39 is 0 Å². The number of hydrogen-bond acceptors (Lipinski definition) is 2. The van der Waals surface area contributed by atoms with Crippen LogP contribution in [-0.4, -0.2) is 12.6 Å². The second kappa shape index (κ2) is 8.33. The fourth-order valence-corrected chi connectivity index (χ4v) is 2.38. The Balaban J connectivity index is 2.07. The zero-order valence-corrected chi connectivity index (χ0v) is 14.1. The number of carbonyl (C=O) groups is 1. The molecule has 0 unspecified atom stereocenters. The highest BCUT2D eigenvalue weighted by atomic mass is 16.5. The summed E-state index contributed by atoms with van der Waals surface area (Å²) in [7, 11) is 0.